The lowest BCUT2D eigenvalue weighted by atomic mass is 10.1. The Balaban J connectivity index is 2.22. The molecule has 0 amide bonds. The fraction of sp³-hybridized carbons (Fsp3) is 0.364. The quantitative estimate of drug-likeness (QED) is 0.304. The molecule has 4 nitrogen and oxygen atoms in total. The highest BCUT2D eigenvalue weighted by Crippen LogP contribution is 2.59. The fourth-order valence-electron chi connectivity index (χ4n) is 3.25. The Bertz CT molecular complexity index is 871. The molecule has 2 aromatic rings. The minimum absolute atomic E-state index is 0.0436. The van der Waals surface area contributed by atoms with Gasteiger partial charge in [0.1, 0.15) is 5.50 Å². The second kappa shape index (κ2) is 8.51. The molecule has 0 fully saturated rings. The molecular formula is C22H28O4P2. The SMILES string of the molecule is CCOP(=O)(OCC)OC(PC(C)(C)C)=C1c2ccccc2-c2ccccc21. The number of phosphoric ester groups is 1. The largest absolute Gasteiger partial charge is 0.530 e. The average Bonchev–Trinajstić information content (AvgIpc) is 2.95. The van der Waals surface area contributed by atoms with Crippen LogP contribution in [0.25, 0.3) is 16.7 Å². The van der Waals surface area contributed by atoms with Crippen molar-refractivity contribution in [3.05, 3.63) is 65.2 Å². The van der Waals surface area contributed by atoms with E-state index in [0.717, 1.165) is 27.8 Å². The lowest BCUT2D eigenvalue weighted by Gasteiger charge is -2.26. The third kappa shape index (κ3) is 4.58. The van der Waals surface area contributed by atoms with Crippen molar-refractivity contribution in [2.24, 2.45) is 0 Å². The van der Waals surface area contributed by atoms with E-state index in [9.17, 15) is 4.57 Å². The van der Waals surface area contributed by atoms with E-state index in [1.807, 2.05) is 24.3 Å². The number of hydrogen-bond acceptors (Lipinski definition) is 4. The summed E-state index contributed by atoms with van der Waals surface area (Å²) in [7, 11) is -3.39. The zero-order chi connectivity index (χ0) is 20.4. The highest BCUT2D eigenvalue weighted by molar-refractivity contribution is 7.51. The second-order valence-corrected chi connectivity index (χ2v) is 11.3. The van der Waals surface area contributed by atoms with Gasteiger partial charge in [0, 0.05) is 5.57 Å². The topological polar surface area (TPSA) is 44.8 Å². The molecule has 1 aliphatic rings. The molecule has 0 aliphatic heterocycles. The molecule has 0 spiro atoms. The summed E-state index contributed by atoms with van der Waals surface area (Å²) >= 11 is 0. The van der Waals surface area contributed by atoms with Crippen LogP contribution in [0.15, 0.2) is 54.0 Å². The van der Waals surface area contributed by atoms with Gasteiger partial charge < -0.3 is 4.52 Å². The molecule has 3 rings (SSSR count). The van der Waals surface area contributed by atoms with Gasteiger partial charge in [0.25, 0.3) is 0 Å². The van der Waals surface area contributed by atoms with Gasteiger partial charge in [-0.3, -0.25) is 9.05 Å². The van der Waals surface area contributed by atoms with Crippen molar-refractivity contribution < 1.29 is 18.1 Å². The van der Waals surface area contributed by atoms with Crippen LogP contribution in [0.2, 0.25) is 0 Å². The first-order valence-corrected chi connectivity index (χ1v) is 12.0. The van der Waals surface area contributed by atoms with Gasteiger partial charge in [-0.1, -0.05) is 69.3 Å². The Kier molecular flexibility index (Phi) is 6.47. The minimum atomic E-state index is -3.69. The van der Waals surface area contributed by atoms with E-state index in [2.05, 4.69) is 45.0 Å². The number of phosphoric acid groups is 1. The Hall–Kier alpha value is -1.44. The van der Waals surface area contributed by atoms with E-state index in [-0.39, 0.29) is 18.4 Å². The molecule has 150 valence electrons. The summed E-state index contributed by atoms with van der Waals surface area (Å²) in [6, 6.07) is 16.5. The molecule has 0 bridgehead atoms. The maximum absolute atomic E-state index is 13.2. The van der Waals surface area contributed by atoms with Crippen LogP contribution in [0.1, 0.15) is 45.7 Å². The summed E-state index contributed by atoms with van der Waals surface area (Å²) in [5.41, 5.74) is 6.17. The summed E-state index contributed by atoms with van der Waals surface area (Å²) in [6.07, 6.45) is 0. The Morgan fingerprint density at radius 2 is 1.29 bits per heavy atom. The molecule has 0 radical (unpaired) electrons. The summed E-state index contributed by atoms with van der Waals surface area (Å²) < 4.78 is 30.2. The number of benzene rings is 2. The van der Waals surface area contributed by atoms with Crippen LogP contribution in [0.3, 0.4) is 0 Å². The van der Waals surface area contributed by atoms with E-state index < -0.39 is 7.82 Å². The van der Waals surface area contributed by atoms with E-state index in [1.165, 1.54) is 0 Å². The van der Waals surface area contributed by atoms with Crippen LogP contribution in [0.5, 0.6) is 0 Å². The summed E-state index contributed by atoms with van der Waals surface area (Å²) in [4.78, 5) is 0. The molecule has 1 aliphatic carbocycles. The normalized spacial score (nSPS) is 13.7. The van der Waals surface area contributed by atoms with Crippen LogP contribution in [0, 0.1) is 0 Å². The molecule has 0 N–H and O–H groups in total. The Morgan fingerprint density at radius 1 is 0.857 bits per heavy atom. The molecule has 2 aromatic carbocycles. The van der Waals surface area contributed by atoms with Crippen molar-refractivity contribution in [2.45, 2.75) is 39.8 Å². The third-order valence-corrected chi connectivity index (χ3v) is 7.23. The van der Waals surface area contributed by atoms with Crippen molar-refractivity contribution in [3.63, 3.8) is 0 Å². The van der Waals surface area contributed by atoms with Crippen LogP contribution < -0.4 is 0 Å². The van der Waals surface area contributed by atoms with Gasteiger partial charge in [0.05, 0.1) is 13.2 Å². The van der Waals surface area contributed by atoms with Gasteiger partial charge in [0.2, 0.25) is 0 Å². The van der Waals surface area contributed by atoms with Crippen molar-refractivity contribution in [1.82, 2.24) is 0 Å². The highest BCUT2D eigenvalue weighted by Gasteiger charge is 2.34. The second-order valence-electron chi connectivity index (χ2n) is 7.54. The summed E-state index contributed by atoms with van der Waals surface area (Å²) in [6.45, 7) is 10.5. The lowest BCUT2D eigenvalue weighted by Crippen LogP contribution is -2.08. The van der Waals surface area contributed by atoms with Gasteiger partial charge in [-0.2, -0.15) is 0 Å². The van der Waals surface area contributed by atoms with Crippen LogP contribution in [0.4, 0.5) is 0 Å². The van der Waals surface area contributed by atoms with Gasteiger partial charge in [-0.15, -0.1) is 0 Å². The molecular weight excluding hydrogens is 390 g/mol. The summed E-state index contributed by atoms with van der Waals surface area (Å²) in [5.74, 6) is 0. The van der Waals surface area contributed by atoms with Gasteiger partial charge >= 0.3 is 7.82 Å². The first-order chi connectivity index (χ1) is 13.3. The molecule has 28 heavy (non-hydrogen) atoms. The minimum Gasteiger partial charge on any atom is -0.403 e. The molecule has 1 unspecified atom stereocenters. The monoisotopic (exact) mass is 418 g/mol. The van der Waals surface area contributed by atoms with E-state index in [4.69, 9.17) is 13.6 Å². The first kappa shape index (κ1) is 21.3. The van der Waals surface area contributed by atoms with Crippen LogP contribution in [-0.4, -0.2) is 18.4 Å². The maximum atomic E-state index is 13.2. The molecule has 0 saturated carbocycles. The third-order valence-electron chi connectivity index (χ3n) is 4.18. The van der Waals surface area contributed by atoms with Gasteiger partial charge in [-0.05, 0) is 49.8 Å². The number of hydrogen-bond donors (Lipinski definition) is 0. The maximum Gasteiger partial charge on any atom is 0.530 e. The molecule has 0 saturated heterocycles. The summed E-state index contributed by atoms with van der Waals surface area (Å²) in [5, 5.41) is -0.0436. The number of rotatable bonds is 7. The smallest absolute Gasteiger partial charge is 0.403 e. The Morgan fingerprint density at radius 3 is 1.68 bits per heavy atom. The van der Waals surface area contributed by atoms with Crippen molar-refractivity contribution in [1.29, 1.82) is 0 Å². The van der Waals surface area contributed by atoms with Crippen molar-refractivity contribution >= 4 is 22.0 Å². The first-order valence-electron chi connectivity index (χ1n) is 9.58. The Labute approximate surface area is 169 Å². The van der Waals surface area contributed by atoms with Gasteiger partial charge in [-0.25, -0.2) is 4.57 Å². The predicted molar refractivity (Wildman–Crippen MR) is 118 cm³/mol. The van der Waals surface area contributed by atoms with E-state index >= 15 is 0 Å². The van der Waals surface area contributed by atoms with E-state index in [1.54, 1.807) is 13.8 Å². The predicted octanol–water partition coefficient (Wildman–Crippen LogP) is 7.06. The highest BCUT2D eigenvalue weighted by atomic mass is 31.2. The molecule has 0 heterocycles. The van der Waals surface area contributed by atoms with Crippen LogP contribution in [-0.2, 0) is 18.1 Å². The molecule has 0 aromatic heterocycles. The molecule has 6 heteroatoms. The van der Waals surface area contributed by atoms with E-state index in [0.29, 0.717) is 14.1 Å². The standard InChI is InChI=1S/C22H28O4P2/c1-6-24-28(23,25-7-2)26-21(27-22(3,4)5)20-18-14-10-8-12-16(18)17-13-9-11-15-19(17)20/h8-15,27H,6-7H2,1-5H3. The van der Waals surface area contributed by atoms with Crippen molar-refractivity contribution in [3.8, 4) is 11.1 Å². The molecule has 1 atom stereocenters. The average molecular weight is 418 g/mol. The fourth-order valence-corrected chi connectivity index (χ4v) is 5.97. The van der Waals surface area contributed by atoms with Crippen molar-refractivity contribution in [2.75, 3.05) is 13.2 Å². The van der Waals surface area contributed by atoms with Gasteiger partial charge in [0.15, 0.2) is 0 Å². The lowest BCUT2D eigenvalue weighted by molar-refractivity contribution is 0.151. The number of fused-ring (bicyclic) bond motifs is 3. The zero-order valence-electron chi connectivity index (χ0n) is 17.1. The zero-order valence-corrected chi connectivity index (χ0v) is 19.0. The van der Waals surface area contributed by atoms with Crippen LogP contribution >= 0.6 is 16.4 Å².